The highest BCUT2D eigenvalue weighted by Gasteiger charge is 2.04. The largest absolute Gasteiger partial charge is 0.324 e. The summed E-state index contributed by atoms with van der Waals surface area (Å²) in [7, 11) is 0. The van der Waals surface area contributed by atoms with Crippen LogP contribution in [0.5, 0.6) is 0 Å². The van der Waals surface area contributed by atoms with Gasteiger partial charge in [0.1, 0.15) is 0 Å². The van der Waals surface area contributed by atoms with Crippen LogP contribution in [0.2, 0.25) is 0 Å². The van der Waals surface area contributed by atoms with Crippen molar-refractivity contribution in [3.05, 3.63) is 41.5 Å². The lowest BCUT2D eigenvalue weighted by atomic mass is 10.3. The summed E-state index contributed by atoms with van der Waals surface area (Å²) < 4.78 is 25.7. The molecule has 2 heterocycles. The number of pyridine rings is 1. The van der Waals surface area contributed by atoms with Crippen molar-refractivity contribution in [2.45, 2.75) is 13.8 Å². The average Bonchev–Trinajstić information content (AvgIpc) is 2.13. The Hall–Kier alpha value is -2.11. The van der Waals surface area contributed by atoms with E-state index in [-0.39, 0.29) is 5.69 Å². The summed E-state index contributed by atoms with van der Waals surface area (Å²) in [5, 5.41) is 2.72. The summed E-state index contributed by atoms with van der Waals surface area (Å²) >= 11 is 0. The molecule has 0 saturated carbocycles. The minimum Gasteiger partial charge on any atom is -0.324 e. The molecule has 2 aromatic heterocycles. The first-order valence-corrected chi connectivity index (χ1v) is 4.95. The monoisotopic (exact) mass is 236 g/mol. The number of nitrogens with one attached hydrogen (secondary N) is 1. The predicted octanol–water partition coefficient (Wildman–Crippen LogP) is 2.51. The lowest BCUT2D eigenvalue weighted by molar-refractivity contribution is 0.514. The Bertz CT molecular complexity index is 467. The van der Waals surface area contributed by atoms with Gasteiger partial charge in [-0.15, -0.1) is 0 Å². The summed E-state index contributed by atoms with van der Waals surface area (Å²) in [6.45, 7) is 3.63. The van der Waals surface area contributed by atoms with E-state index in [4.69, 9.17) is 0 Å². The normalized spacial score (nSPS) is 10.4. The van der Waals surface area contributed by atoms with Gasteiger partial charge >= 0.3 is 0 Å². The van der Waals surface area contributed by atoms with Gasteiger partial charge in [-0.25, -0.2) is 9.97 Å². The third-order valence-corrected chi connectivity index (χ3v) is 2.00. The molecule has 0 atom stereocenters. The van der Waals surface area contributed by atoms with E-state index < -0.39 is 11.9 Å². The van der Waals surface area contributed by atoms with Gasteiger partial charge in [-0.3, -0.25) is 0 Å². The topological polar surface area (TPSA) is 50.7 Å². The number of aryl methyl sites for hydroxylation is 2. The van der Waals surface area contributed by atoms with Crippen molar-refractivity contribution in [3.63, 3.8) is 0 Å². The fraction of sp³-hybridized carbons (Fsp3) is 0.182. The Kier molecular flexibility index (Phi) is 2.95. The molecule has 0 amide bonds. The number of halogens is 2. The van der Waals surface area contributed by atoms with Crippen LogP contribution in [0.1, 0.15) is 11.4 Å². The molecule has 0 fully saturated rings. The molecule has 0 aromatic carbocycles. The van der Waals surface area contributed by atoms with Gasteiger partial charge in [-0.05, 0) is 19.9 Å². The number of aromatic nitrogens is 3. The molecule has 17 heavy (non-hydrogen) atoms. The molecule has 2 rings (SSSR count). The highest BCUT2D eigenvalue weighted by atomic mass is 19.1. The first-order chi connectivity index (χ1) is 8.02. The molecule has 6 heteroatoms. The molecular weight excluding hydrogens is 226 g/mol. The summed E-state index contributed by atoms with van der Waals surface area (Å²) in [5.41, 5.74) is 1.77. The summed E-state index contributed by atoms with van der Waals surface area (Å²) in [6, 6.07) is 3.95. The number of nitrogens with zero attached hydrogens (tertiary/aromatic N) is 3. The van der Waals surface area contributed by atoms with Gasteiger partial charge in [-0.2, -0.15) is 13.8 Å². The molecule has 0 spiro atoms. The molecular formula is C11H10F2N4. The molecule has 1 N–H and O–H groups in total. The van der Waals surface area contributed by atoms with Crippen molar-refractivity contribution in [1.29, 1.82) is 0 Å². The van der Waals surface area contributed by atoms with E-state index in [9.17, 15) is 8.78 Å². The highest BCUT2D eigenvalue weighted by molar-refractivity contribution is 5.52. The minimum atomic E-state index is -0.892. The third kappa shape index (κ3) is 2.93. The molecule has 0 radical (unpaired) electrons. The van der Waals surface area contributed by atoms with Gasteiger partial charge in [0.2, 0.25) is 17.8 Å². The van der Waals surface area contributed by atoms with E-state index in [2.05, 4.69) is 20.3 Å². The van der Waals surface area contributed by atoms with Crippen LogP contribution in [0.25, 0.3) is 0 Å². The predicted molar refractivity (Wildman–Crippen MR) is 58.9 cm³/mol. The standard InChI is InChI=1S/C11H10F2N4/c1-6-3-7(2)15-11(14-6)16-8-4-9(12)17-10(13)5-8/h3-5H,1-2H3,(H,14,15,16,17). The quantitative estimate of drug-likeness (QED) is 0.814. The second-order valence-corrected chi connectivity index (χ2v) is 3.60. The second-order valence-electron chi connectivity index (χ2n) is 3.60. The van der Waals surface area contributed by atoms with Crippen LogP contribution < -0.4 is 5.32 Å². The lowest BCUT2D eigenvalue weighted by Gasteiger charge is -2.06. The zero-order chi connectivity index (χ0) is 12.4. The van der Waals surface area contributed by atoms with Crippen molar-refractivity contribution in [2.75, 3.05) is 5.32 Å². The summed E-state index contributed by atoms with van der Waals surface area (Å²) in [4.78, 5) is 11.2. The molecule has 0 unspecified atom stereocenters. The van der Waals surface area contributed by atoms with Crippen molar-refractivity contribution >= 4 is 11.6 Å². The number of rotatable bonds is 2. The second kappa shape index (κ2) is 4.40. The SMILES string of the molecule is Cc1cc(C)nc(Nc2cc(F)nc(F)c2)n1. The maximum Gasteiger partial charge on any atom is 0.227 e. The van der Waals surface area contributed by atoms with E-state index in [0.717, 1.165) is 23.5 Å². The Labute approximate surface area is 96.8 Å². The maximum absolute atomic E-state index is 12.9. The van der Waals surface area contributed by atoms with E-state index in [1.54, 1.807) is 6.07 Å². The van der Waals surface area contributed by atoms with Crippen LogP contribution in [-0.2, 0) is 0 Å². The lowest BCUT2D eigenvalue weighted by Crippen LogP contribution is -2.01. The van der Waals surface area contributed by atoms with Crippen molar-refractivity contribution < 1.29 is 8.78 Å². The van der Waals surface area contributed by atoms with Gasteiger partial charge in [-0.1, -0.05) is 0 Å². The van der Waals surface area contributed by atoms with Crippen molar-refractivity contribution in [3.8, 4) is 0 Å². The maximum atomic E-state index is 12.9. The van der Waals surface area contributed by atoms with Crippen LogP contribution >= 0.6 is 0 Å². The number of anilines is 2. The van der Waals surface area contributed by atoms with Crippen LogP contribution in [0.15, 0.2) is 18.2 Å². The fourth-order valence-corrected chi connectivity index (χ4v) is 1.45. The van der Waals surface area contributed by atoms with E-state index in [1.165, 1.54) is 0 Å². The molecule has 0 aliphatic heterocycles. The zero-order valence-electron chi connectivity index (χ0n) is 9.33. The Morgan fingerprint density at radius 3 is 1.94 bits per heavy atom. The van der Waals surface area contributed by atoms with E-state index in [0.29, 0.717) is 5.95 Å². The third-order valence-electron chi connectivity index (χ3n) is 2.00. The number of hydrogen-bond acceptors (Lipinski definition) is 4. The molecule has 2 aromatic rings. The van der Waals surface area contributed by atoms with Crippen LogP contribution in [0.4, 0.5) is 20.4 Å². The van der Waals surface area contributed by atoms with Gasteiger partial charge in [0.25, 0.3) is 0 Å². The molecule has 0 aliphatic rings. The van der Waals surface area contributed by atoms with Gasteiger partial charge in [0.15, 0.2) is 0 Å². The van der Waals surface area contributed by atoms with Gasteiger partial charge in [0.05, 0.1) is 0 Å². The average molecular weight is 236 g/mol. The number of hydrogen-bond donors (Lipinski definition) is 1. The molecule has 0 aliphatic carbocycles. The van der Waals surface area contributed by atoms with E-state index in [1.807, 2.05) is 13.8 Å². The van der Waals surface area contributed by atoms with Crippen LogP contribution in [-0.4, -0.2) is 15.0 Å². The van der Waals surface area contributed by atoms with Crippen molar-refractivity contribution in [2.24, 2.45) is 0 Å². The van der Waals surface area contributed by atoms with Gasteiger partial charge in [0, 0.05) is 29.2 Å². The first kappa shape index (κ1) is 11.4. The van der Waals surface area contributed by atoms with Crippen LogP contribution in [0, 0.1) is 25.7 Å². The minimum absolute atomic E-state index is 0.222. The van der Waals surface area contributed by atoms with Gasteiger partial charge < -0.3 is 5.32 Å². The Morgan fingerprint density at radius 1 is 0.882 bits per heavy atom. The zero-order valence-corrected chi connectivity index (χ0v) is 9.33. The highest BCUT2D eigenvalue weighted by Crippen LogP contribution is 2.15. The summed E-state index contributed by atoms with van der Waals surface area (Å²) in [6.07, 6.45) is 0. The van der Waals surface area contributed by atoms with Crippen LogP contribution in [0.3, 0.4) is 0 Å². The molecule has 4 nitrogen and oxygen atoms in total. The molecule has 0 bridgehead atoms. The van der Waals surface area contributed by atoms with E-state index >= 15 is 0 Å². The van der Waals surface area contributed by atoms with Crippen molar-refractivity contribution in [1.82, 2.24) is 15.0 Å². The fourth-order valence-electron chi connectivity index (χ4n) is 1.45. The molecule has 0 saturated heterocycles. The molecule has 88 valence electrons. The Balaban J connectivity index is 2.31. The summed E-state index contributed by atoms with van der Waals surface area (Å²) in [5.74, 6) is -1.48. The first-order valence-electron chi connectivity index (χ1n) is 4.95. The smallest absolute Gasteiger partial charge is 0.227 e. The Morgan fingerprint density at radius 2 is 1.41 bits per heavy atom.